The van der Waals surface area contributed by atoms with Crippen LogP contribution in [-0.4, -0.2) is 4.21 Å². The number of hydrogen-bond acceptors (Lipinski definition) is 1. The van der Waals surface area contributed by atoms with E-state index in [-0.39, 0.29) is 4.90 Å². The zero-order valence-electron chi connectivity index (χ0n) is 12.4. The molecule has 122 valence electrons. The van der Waals surface area contributed by atoms with Crippen LogP contribution in [0.15, 0.2) is 87.5 Å². The van der Waals surface area contributed by atoms with E-state index in [0.717, 1.165) is 23.3 Å². The minimum Gasteiger partial charge on any atom is -0.271 e. The van der Waals surface area contributed by atoms with Gasteiger partial charge >= 0.3 is 6.18 Å². The van der Waals surface area contributed by atoms with Gasteiger partial charge in [-0.3, -0.25) is 4.21 Å². The van der Waals surface area contributed by atoms with Crippen molar-refractivity contribution in [2.45, 2.75) is 20.9 Å². The van der Waals surface area contributed by atoms with Crippen molar-refractivity contribution in [3.05, 3.63) is 78.4 Å². The van der Waals surface area contributed by atoms with Crippen LogP contribution >= 0.6 is 0 Å². The zero-order valence-corrected chi connectivity index (χ0v) is 13.3. The molecule has 0 aromatic heterocycles. The number of halogens is 3. The Hall–Kier alpha value is -2.40. The normalized spacial score (nSPS) is 16.3. The molecule has 0 radical (unpaired) electrons. The van der Waals surface area contributed by atoms with Crippen LogP contribution in [0.1, 0.15) is 5.56 Å². The van der Waals surface area contributed by atoms with Crippen LogP contribution in [0, 0.1) is 0 Å². The first-order valence-corrected chi connectivity index (χ1v) is 9.10. The molecule has 5 heteroatoms. The summed E-state index contributed by atoms with van der Waals surface area (Å²) in [4.78, 5) is 1.42. The van der Waals surface area contributed by atoms with Crippen molar-refractivity contribution in [1.82, 2.24) is 0 Å². The van der Waals surface area contributed by atoms with Crippen molar-refractivity contribution in [3.8, 4) is 11.1 Å². The molecule has 3 aromatic rings. The highest BCUT2D eigenvalue weighted by atomic mass is 32.2. The number of thiol groups is 1. The average molecular weight is 346 g/mol. The highest BCUT2D eigenvalue weighted by Gasteiger charge is 2.37. The smallest absolute Gasteiger partial charge is 0.271 e. The van der Waals surface area contributed by atoms with E-state index in [1.54, 1.807) is 24.3 Å². The number of hydrogen-bond donors (Lipinski definition) is 1. The lowest BCUT2D eigenvalue weighted by molar-refractivity contribution is -0.137. The van der Waals surface area contributed by atoms with Gasteiger partial charge < -0.3 is 0 Å². The highest BCUT2D eigenvalue weighted by molar-refractivity contribution is 8.03. The molecule has 24 heavy (non-hydrogen) atoms. The summed E-state index contributed by atoms with van der Waals surface area (Å²) >= 11 is 0. The molecule has 0 saturated carbocycles. The molecule has 1 aliphatic heterocycles. The predicted octanol–water partition coefficient (Wildman–Crippen LogP) is 5.18. The number of benzene rings is 3. The van der Waals surface area contributed by atoms with Crippen LogP contribution in [0.4, 0.5) is 13.2 Å². The molecule has 0 N–H and O–H groups in total. The third kappa shape index (κ3) is 2.04. The number of alkyl halides is 3. The molecule has 0 bridgehead atoms. The second-order valence-corrected chi connectivity index (χ2v) is 8.39. The summed E-state index contributed by atoms with van der Waals surface area (Å²) in [5.74, 6) is 0. The lowest BCUT2D eigenvalue weighted by Gasteiger charge is -2.22. The molecule has 0 unspecified atom stereocenters. The van der Waals surface area contributed by atoms with Crippen molar-refractivity contribution in [2.24, 2.45) is 0 Å². The largest absolute Gasteiger partial charge is 0.416 e. The molecule has 3 aromatic carbocycles. The molecule has 4 rings (SSSR count). The van der Waals surface area contributed by atoms with Gasteiger partial charge in [-0.15, -0.1) is 0 Å². The first-order valence-electron chi connectivity index (χ1n) is 7.40. The lowest BCUT2D eigenvalue weighted by Crippen LogP contribution is -2.13. The van der Waals surface area contributed by atoms with Crippen molar-refractivity contribution >= 4 is 9.93 Å². The molecule has 1 aliphatic rings. The minimum absolute atomic E-state index is 0.217. The van der Waals surface area contributed by atoms with Gasteiger partial charge in [0.05, 0.1) is 5.56 Å². The van der Waals surface area contributed by atoms with Gasteiger partial charge in [-0.05, 0) is 51.4 Å². The monoisotopic (exact) mass is 346 g/mol. The predicted molar refractivity (Wildman–Crippen MR) is 87.7 cm³/mol. The maximum absolute atomic E-state index is 14.0. The fraction of sp³-hybridized carbons (Fsp3) is 0.0526. The summed E-state index contributed by atoms with van der Waals surface area (Å²) in [6.07, 6.45) is -4.46. The molecule has 1 nitrogen and oxygen atoms in total. The van der Waals surface area contributed by atoms with Gasteiger partial charge in [0, 0.05) is 14.7 Å². The summed E-state index contributed by atoms with van der Waals surface area (Å²) < 4.78 is 53.2. The van der Waals surface area contributed by atoms with E-state index in [1.807, 2.05) is 24.3 Å². The summed E-state index contributed by atoms with van der Waals surface area (Å²) in [7, 11) is -3.30. The lowest BCUT2D eigenvalue weighted by atomic mass is 10.1. The van der Waals surface area contributed by atoms with E-state index in [1.165, 1.54) is 12.1 Å². The Bertz CT molecular complexity index is 942. The van der Waals surface area contributed by atoms with E-state index in [0.29, 0.717) is 9.79 Å². The Morgan fingerprint density at radius 2 is 1.25 bits per heavy atom. The van der Waals surface area contributed by atoms with Crippen LogP contribution in [0.25, 0.3) is 11.1 Å². The van der Waals surface area contributed by atoms with E-state index in [2.05, 4.69) is 0 Å². The minimum atomic E-state index is -4.46. The number of fused-ring (bicyclic) bond motifs is 3. The summed E-state index contributed by atoms with van der Waals surface area (Å²) in [6, 6.07) is 19.3. The Morgan fingerprint density at radius 3 is 1.79 bits per heavy atom. The second-order valence-electron chi connectivity index (χ2n) is 5.69. The summed E-state index contributed by atoms with van der Waals surface area (Å²) in [5, 5.41) is 0. The average Bonchev–Trinajstić information content (AvgIpc) is 2.86. The van der Waals surface area contributed by atoms with Crippen LogP contribution in [0.3, 0.4) is 0 Å². The second kappa shape index (κ2) is 5.05. The Morgan fingerprint density at radius 1 is 0.708 bits per heavy atom. The van der Waals surface area contributed by atoms with Crippen LogP contribution in [0.2, 0.25) is 0 Å². The van der Waals surface area contributed by atoms with Crippen molar-refractivity contribution < 1.29 is 17.4 Å². The third-order valence-corrected chi connectivity index (χ3v) is 7.46. The van der Waals surface area contributed by atoms with Gasteiger partial charge in [0.15, 0.2) is 0 Å². The Kier molecular flexibility index (Phi) is 3.18. The third-order valence-electron chi connectivity index (χ3n) is 4.31. The quantitative estimate of drug-likeness (QED) is 0.470. The molecular formula is C19H13F3OS. The number of rotatable bonds is 1. The Labute approximate surface area is 138 Å². The van der Waals surface area contributed by atoms with Crippen LogP contribution in [-0.2, 0) is 16.1 Å². The van der Waals surface area contributed by atoms with Gasteiger partial charge in [-0.2, -0.15) is 13.2 Å². The van der Waals surface area contributed by atoms with Crippen molar-refractivity contribution in [3.63, 3.8) is 0 Å². The molecule has 0 aliphatic carbocycles. The van der Waals surface area contributed by atoms with E-state index >= 15 is 0 Å². The van der Waals surface area contributed by atoms with Gasteiger partial charge in [0.25, 0.3) is 0 Å². The molecule has 0 atom stereocenters. The first kappa shape index (κ1) is 15.1. The van der Waals surface area contributed by atoms with Crippen molar-refractivity contribution in [2.75, 3.05) is 0 Å². The molecule has 0 saturated heterocycles. The first-order chi connectivity index (χ1) is 11.4. The maximum atomic E-state index is 14.0. The van der Waals surface area contributed by atoms with Gasteiger partial charge in [0.2, 0.25) is 0 Å². The standard InChI is InChI=1S/C19H13F3OS/c20-19(21,22)13-6-5-7-14(12-13)24(23)17-10-3-1-8-15(17)16-9-2-4-11-18(16)24/h1-12,24H. The molecular weight excluding hydrogens is 333 g/mol. The molecule has 0 fully saturated rings. The van der Waals surface area contributed by atoms with E-state index in [9.17, 15) is 17.4 Å². The molecule has 0 spiro atoms. The van der Waals surface area contributed by atoms with Crippen LogP contribution < -0.4 is 0 Å². The summed E-state index contributed by atoms with van der Waals surface area (Å²) in [5.41, 5.74) is 0.875. The fourth-order valence-electron chi connectivity index (χ4n) is 3.24. The summed E-state index contributed by atoms with van der Waals surface area (Å²) in [6.45, 7) is 0. The van der Waals surface area contributed by atoms with E-state index in [4.69, 9.17) is 0 Å². The van der Waals surface area contributed by atoms with Gasteiger partial charge in [-0.1, -0.05) is 42.5 Å². The van der Waals surface area contributed by atoms with Gasteiger partial charge in [0.1, 0.15) is 0 Å². The topological polar surface area (TPSA) is 17.1 Å². The highest BCUT2D eigenvalue weighted by Crippen LogP contribution is 2.51. The Balaban J connectivity index is 2.03. The fourth-order valence-corrected chi connectivity index (χ4v) is 6.33. The zero-order chi connectivity index (χ0) is 16.9. The molecule has 1 heterocycles. The van der Waals surface area contributed by atoms with Gasteiger partial charge in [-0.25, -0.2) is 0 Å². The van der Waals surface area contributed by atoms with Crippen LogP contribution in [0.5, 0.6) is 0 Å². The SMILES string of the molecule is O=[SH]1(c2cccc(C(F)(F)F)c2)c2ccccc2-c2ccccc21. The maximum Gasteiger partial charge on any atom is 0.416 e. The van der Waals surface area contributed by atoms with E-state index < -0.39 is 21.7 Å². The molecule has 0 amide bonds. The van der Waals surface area contributed by atoms with Crippen molar-refractivity contribution in [1.29, 1.82) is 0 Å².